The highest BCUT2D eigenvalue weighted by Crippen LogP contribution is 2.38. The van der Waals surface area contributed by atoms with Gasteiger partial charge in [-0.2, -0.15) is 0 Å². The van der Waals surface area contributed by atoms with Crippen LogP contribution in [0.15, 0.2) is 53.7 Å². The van der Waals surface area contributed by atoms with E-state index in [1.807, 2.05) is 18.7 Å². The van der Waals surface area contributed by atoms with Gasteiger partial charge in [-0.1, -0.05) is 41.4 Å². The molecule has 214 valence electrons. The van der Waals surface area contributed by atoms with Gasteiger partial charge in [0.2, 0.25) is 0 Å². The number of hydrogen-bond donors (Lipinski definition) is 1. The minimum Gasteiger partial charge on any atom is -0.497 e. The third-order valence-electron chi connectivity index (χ3n) is 7.20. The normalized spacial score (nSPS) is 19.9. The minimum absolute atomic E-state index is 0.0691. The number of esters is 1. The second kappa shape index (κ2) is 12.9. The van der Waals surface area contributed by atoms with E-state index >= 15 is 0 Å². The Morgan fingerprint density at radius 2 is 1.85 bits per heavy atom. The lowest BCUT2D eigenvalue weighted by molar-refractivity contribution is -0.139. The van der Waals surface area contributed by atoms with Crippen LogP contribution in [0, 0.1) is 0 Å². The molecule has 1 N–H and O–H groups in total. The molecule has 11 heteroatoms. The fourth-order valence-electron chi connectivity index (χ4n) is 5.25. The standard InChI is InChI=1S/C29H34Cl2N4O5/c1-5-34-23(17-33-13-14-35(18(3)16-33)27(36)19-9-7-10-20(15-19)39-4)24(28(37)40-6-2)26(32-29(34)38)21-11-8-12-22(30)25(21)31/h7-12,15,18,26H,5-6,13-14,16-17H2,1-4H3,(H,32,38)/t18-,26-/m1/s1. The summed E-state index contributed by atoms with van der Waals surface area (Å²) in [6, 6.07) is 11.0. The van der Waals surface area contributed by atoms with Gasteiger partial charge in [-0.15, -0.1) is 0 Å². The van der Waals surface area contributed by atoms with Gasteiger partial charge in [-0.25, -0.2) is 9.59 Å². The quantitative estimate of drug-likeness (QED) is 0.447. The third kappa shape index (κ3) is 6.06. The van der Waals surface area contributed by atoms with Crippen molar-refractivity contribution in [3.05, 3.63) is 74.9 Å². The first kappa shape index (κ1) is 29.7. The average molecular weight is 590 g/mol. The molecule has 2 atom stereocenters. The highest BCUT2D eigenvalue weighted by atomic mass is 35.5. The van der Waals surface area contributed by atoms with Crippen molar-refractivity contribution in [2.45, 2.75) is 32.9 Å². The molecule has 3 amide bonds. The number of likely N-dealkylation sites (N-methyl/N-ethyl adjacent to an activating group) is 1. The molecule has 2 aliphatic rings. The molecule has 2 heterocycles. The molecule has 0 aromatic heterocycles. The Kier molecular flexibility index (Phi) is 9.60. The molecule has 4 rings (SSSR count). The van der Waals surface area contributed by atoms with Crippen LogP contribution in [0.3, 0.4) is 0 Å². The maximum atomic E-state index is 13.4. The Bertz CT molecular complexity index is 1320. The Hall–Kier alpha value is -3.27. The van der Waals surface area contributed by atoms with E-state index in [2.05, 4.69) is 10.2 Å². The summed E-state index contributed by atoms with van der Waals surface area (Å²) >= 11 is 12.8. The number of hydrogen-bond acceptors (Lipinski definition) is 6. The van der Waals surface area contributed by atoms with Gasteiger partial charge >= 0.3 is 12.0 Å². The topological polar surface area (TPSA) is 91.4 Å². The molecule has 2 aromatic carbocycles. The molecule has 0 aliphatic carbocycles. The van der Waals surface area contributed by atoms with Gasteiger partial charge in [-0.05, 0) is 50.6 Å². The van der Waals surface area contributed by atoms with Gasteiger partial charge in [0, 0.05) is 50.0 Å². The monoisotopic (exact) mass is 588 g/mol. The number of rotatable bonds is 8. The van der Waals surface area contributed by atoms with Crippen LogP contribution in [0.25, 0.3) is 0 Å². The highest BCUT2D eigenvalue weighted by Gasteiger charge is 2.40. The second-order valence-corrected chi connectivity index (χ2v) is 10.5. The van der Waals surface area contributed by atoms with E-state index in [1.54, 1.807) is 61.4 Å². The van der Waals surface area contributed by atoms with Crippen LogP contribution in [0.4, 0.5) is 4.79 Å². The lowest BCUT2D eigenvalue weighted by atomic mass is 9.93. The largest absolute Gasteiger partial charge is 0.497 e. The molecule has 0 unspecified atom stereocenters. The predicted molar refractivity (Wildman–Crippen MR) is 154 cm³/mol. The van der Waals surface area contributed by atoms with Crippen molar-refractivity contribution in [3.8, 4) is 5.75 Å². The molecule has 9 nitrogen and oxygen atoms in total. The van der Waals surface area contributed by atoms with E-state index in [0.29, 0.717) is 65.9 Å². The maximum absolute atomic E-state index is 13.4. The van der Waals surface area contributed by atoms with E-state index in [9.17, 15) is 14.4 Å². The lowest BCUT2D eigenvalue weighted by Crippen LogP contribution is -2.56. The molecule has 1 fully saturated rings. The molecule has 0 bridgehead atoms. The first-order valence-electron chi connectivity index (χ1n) is 13.3. The second-order valence-electron chi connectivity index (χ2n) is 9.67. The molecule has 0 radical (unpaired) electrons. The van der Waals surface area contributed by atoms with Gasteiger partial charge in [0.1, 0.15) is 5.75 Å². The molecule has 40 heavy (non-hydrogen) atoms. The zero-order chi connectivity index (χ0) is 29.0. The summed E-state index contributed by atoms with van der Waals surface area (Å²) in [5.74, 6) is 0.0254. The number of ether oxygens (including phenoxy) is 2. The maximum Gasteiger partial charge on any atom is 0.338 e. The Balaban J connectivity index is 1.64. The van der Waals surface area contributed by atoms with Crippen molar-refractivity contribution in [3.63, 3.8) is 0 Å². The lowest BCUT2D eigenvalue weighted by Gasteiger charge is -2.43. The van der Waals surface area contributed by atoms with Gasteiger partial charge in [0.25, 0.3) is 5.91 Å². The van der Waals surface area contributed by atoms with Crippen molar-refractivity contribution in [2.24, 2.45) is 0 Å². The van der Waals surface area contributed by atoms with Gasteiger partial charge in [0.05, 0.1) is 35.4 Å². The average Bonchev–Trinajstić information content (AvgIpc) is 2.94. The molecule has 1 saturated heterocycles. The Morgan fingerprint density at radius 3 is 2.52 bits per heavy atom. The third-order valence-corrected chi connectivity index (χ3v) is 8.04. The van der Waals surface area contributed by atoms with Gasteiger partial charge in [0.15, 0.2) is 0 Å². The van der Waals surface area contributed by atoms with Crippen LogP contribution in [0.1, 0.15) is 42.7 Å². The number of carbonyl (C=O) groups is 3. The number of nitrogens with one attached hydrogen (secondary N) is 1. The predicted octanol–water partition coefficient (Wildman–Crippen LogP) is 4.75. The van der Waals surface area contributed by atoms with E-state index < -0.39 is 12.0 Å². The van der Waals surface area contributed by atoms with Gasteiger partial charge < -0.3 is 19.7 Å². The molecule has 2 aliphatic heterocycles. The number of benzene rings is 2. The number of nitrogens with zero attached hydrogens (tertiary/aromatic N) is 3. The van der Waals surface area contributed by atoms with E-state index in [4.69, 9.17) is 32.7 Å². The number of piperazine rings is 1. The first-order valence-corrected chi connectivity index (χ1v) is 14.0. The first-order chi connectivity index (χ1) is 19.2. The van der Waals surface area contributed by atoms with Crippen molar-refractivity contribution in [1.82, 2.24) is 20.0 Å². The molecular weight excluding hydrogens is 555 g/mol. The number of urea groups is 1. The zero-order valence-corrected chi connectivity index (χ0v) is 24.6. The van der Waals surface area contributed by atoms with Crippen LogP contribution in [-0.2, 0) is 9.53 Å². The Labute approximate surface area is 244 Å². The number of halogens is 2. The smallest absolute Gasteiger partial charge is 0.338 e. The molecule has 2 aromatic rings. The summed E-state index contributed by atoms with van der Waals surface area (Å²) in [5, 5.41) is 3.50. The molecule has 0 saturated carbocycles. The van der Waals surface area contributed by atoms with Crippen molar-refractivity contribution < 1.29 is 23.9 Å². The summed E-state index contributed by atoms with van der Waals surface area (Å²) in [6.45, 7) is 8.01. The SMILES string of the molecule is CCOC(=O)C1=C(CN2CCN(C(=O)c3cccc(OC)c3)[C@H](C)C2)N(CC)C(=O)N[C@@H]1c1cccc(Cl)c1Cl. The fraction of sp³-hybridized carbons (Fsp3) is 0.414. The summed E-state index contributed by atoms with van der Waals surface area (Å²) in [5.41, 5.74) is 1.94. The van der Waals surface area contributed by atoms with Crippen molar-refractivity contribution in [2.75, 3.05) is 46.4 Å². The van der Waals surface area contributed by atoms with Crippen LogP contribution in [-0.4, -0.2) is 85.1 Å². The number of methoxy groups -OCH3 is 1. The Morgan fingerprint density at radius 1 is 1.10 bits per heavy atom. The van der Waals surface area contributed by atoms with E-state index in [1.165, 1.54) is 0 Å². The van der Waals surface area contributed by atoms with Crippen LogP contribution in [0.2, 0.25) is 10.0 Å². The van der Waals surface area contributed by atoms with E-state index in [-0.39, 0.29) is 29.6 Å². The summed E-state index contributed by atoms with van der Waals surface area (Å²) in [6.07, 6.45) is 0. The highest BCUT2D eigenvalue weighted by molar-refractivity contribution is 6.42. The van der Waals surface area contributed by atoms with Crippen LogP contribution >= 0.6 is 23.2 Å². The summed E-state index contributed by atoms with van der Waals surface area (Å²) in [7, 11) is 1.57. The number of amides is 3. The summed E-state index contributed by atoms with van der Waals surface area (Å²) in [4.78, 5) is 45.5. The van der Waals surface area contributed by atoms with Crippen molar-refractivity contribution >= 4 is 41.1 Å². The molecular formula is C29H34Cl2N4O5. The van der Waals surface area contributed by atoms with Crippen LogP contribution < -0.4 is 10.1 Å². The minimum atomic E-state index is -0.830. The zero-order valence-electron chi connectivity index (χ0n) is 23.1. The molecule has 0 spiro atoms. The van der Waals surface area contributed by atoms with Crippen molar-refractivity contribution in [1.29, 1.82) is 0 Å². The van der Waals surface area contributed by atoms with E-state index in [0.717, 1.165) is 0 Å². The van der Waals surface area contributed by atoms with Crippen LogP contribution in [0.5, 0.6) is 5.75 Å². The summed E-state index contributed by atoms with van der Waals surface area (Å²) < 4.78 is 10.7. The number of carbonyl (C=O) groups excluding carboxylic acids is 3. The van der Waals surface area contributed by atoms with Gasteiger partial charge in [-0.3, -0.25) is 14.6 Å². The fourth-order valence-corrected chi connectivity index (χ4v) is 5.66.